The molecule has 0 fully saturated rings. The van der Waals surface area contributed by atoms with Crippen molar-refractivity contribution in [3.05, 3.63) is 51.5 Å². The third kappa shape index (κ3) is 6.67. The molecule has 1 aromatic carbocycles. The summed E-state index contributed by atoms with van der Waals surface area (Å²) in [4.78, 5) is 8.03. The standard InChI is InChI=1S/C18H23F3N4S/c1-3-22-17(23-9-7-14-6-4-5-13(2)11-14)24-10-8-16-25-15(12-26-16)18(19,20)21/h4-6,11-12H,3,7-10H2,1-2H3,(H2,22,23,24). The highest BCUT2D eigenvalue weighted by atomic mass is 32.1. The summed E-state index contributed by atoms with van der Waals surface area (Å²) in [6.07, 6.45) is -3.13. The molecule has 0 aliphatic heterocycles. The van der Waals surface area contributed by atoms with E-state index >= 15 is 0 Å². The van der Waals surface area contributed by atoms with Gasteiger partial charge in [-0.3, -0.25) is 4.99 Å². The zero-order valence-corrected chi connectivity index (χ0v) is 15.7. The third-order valence-electron chi connectivity index (χ3n) is 3.57. The predicted octanol–water partition coefficient (Wildman–Crippen LogP) is 3.81. The molecular weight excluding hydrogens is 361 g/mol. The molecular formula is C18H23F3N4S. The van der Waals surface area contributed by atoms with Gasteiger partial charge in [-0.2, -0.15) is 13.2 Å². The Balaban J connectivity index is 1.83. The van der Waals surface area contributed by atoms with E-state index in [4.69, 9.17) is 0 Å². The van der Waals surface area contributed by atoms with Crippen molar-refractivity contribution in [2.45, 2.75) is 32.9 Å². The number of aryl methyl sites for hydroxylation is 1. The van der Waals surface area contributed by atoms with Crippen LogP contribution in [-0.2, 0) is 19.0 Å². The highest BCUT2D eigenvalue weighted by Gasteiger charge is 2.33. The van der Waals surface area contributed by atoms with Crippen LogP contribution in [0.15, 0.2) is 34.6 Å². The maximum Gasteiger partial charge on any atom is 0.434 e. The minimum atomic E-state index is -4.38. The molecule has 4 nitrogen and oxygen atoms in total. The molecule has 142 valence electrons. The van der Waals surface area contributed by atoms with Crippen LogP contribution in [0.5, 0.6) is 0 Å². The van der Waals surface area contributed by atoms with Gasteiger partial charge in [0, 0.05) is 31.4 Å². The topological polar surface area (TPSA) is 49.3 Å². The van der Waals surface area contributed by atoms with Crippen molar-refractivity contribution in [3.63, 3.8) is 0 Å². The first kappa shape index (κ1) is 20.2. The van der Waals surface area contributed by atoms with Crippen molar-refractivity contribution in [2.75, 3.05) is 19.6 Å². The van der Waals surface area contributed by atoms with Crippen LogP contribution in [0.3, 0.4) is 0 Å². The SMILES string of the molecule is CCNC(=NCCc1nc(C(F)(F)F)cs1)NCCc1cccc(C)c1. The van der Waals surface area contributed by atoms with Crippen molar-refractivity contribution in [1.29, 1.82) is 0 Å². The molecule has 2 rings (SSSR count). The maximum atomic E-state index is 12.6. The number of guanidine groups is 1. The number of nitrogens with one attached hydrogen (secondary N) is 2. The number of hydrogen-bond donors (Lipinski definition) is 2. The van der Waals surface area contributed by atoms with Gasteiger partial charge >= 0.3 is 6.18 Å². The van der Waals surface area contributed by atoms with Crippen molar-refractivity contribution >= 4 is 17.3 Å². The molecule has 0 amide bonds. The Bertz CT molecular complexity index is 725. The zero-order chi connectivity index (χ0) is 19.0. The van der Waals surface area contributed by atoms with Crippen LogP contribution in [0.2, 0.25) is 0 Å². The Morgan fingerprint density at radius 2 is 2.04 bits per heavy atom. The van der Waals surface area contributed by atoms with Crippen molar-refractivity contribution in [3.8, 4) is 0 Å². The van der Waals surface area contributed by atoms with Crippen LogP contribution in [0.25, 0.3) is 0 Å². The van der Waals surface area contributed by atoms with Crippen LogP contribution in [0.4, 0.5) is 13.2 Å². The van der Waals surface area contributed by atoms with Gasteiger partial charge < -0.3 is 10.6 Å². The second-order valence-corrected chi connectivity index (χ2v) is 6.74. The average molecular weight is 384 g/mol. The van der Waals surface area contributed by atoms with E-state index in [-0.39, 0.29) is 0 Å². The first-order chi connectivity index (χ1) is 12.4. The van der Waals surface area contributed by atoms with E-state index in [1.54, 1.807) is 0 Å². The Hall–Kier alpha value is -2.09. The molecule has 0 radical (unpaired) electrons. The fourth-order valence-electron chi connectivity index (χ4n) is 2.35. The van der Waals surface area contributed by atoms with E-state index in [0.717, 1.165) is 29.7 Å². The summed E-state index contributed by atoms with van der Waals surface area (Å²) in [6.45, 7) is 5.85. The van der Waals surface area contributed by atoms with Crippen molar-refractivity contribution in [1.82, 2.24) is 15.6 Å². The summed E-state index contributed by atoms with van der Waals surface area (Å²) < 4.78 is 37.7. The summed E-state index contributed by atoms with van der Waals surface area (Å²) in [6, 6.07) is 8.32. The monoisotopic (exact) mass is 384 g/mol. The molecule has 0 saturated heterocycles. The molecule has 0 unspecified atom stereocenters. The maximum absolute atomic E-state index is 12.6. The Morgan fingerprint density at radius 3 is 2.69 bits per heavy atom. The lowest BCUT2D eigenvalue weighted by molar-refractivity contribution is -0.140. The van der Waals surface area contributed by atoms with Crippen LogP contribution >= 0.6 is 11.3 Å². The number of hydrogen-bond acceptors (Lipinski definition) is 3. The van der Waals surface area contributed by atoms with Gasteiger partial charge in [-0.1, -0.05) is 29.8 Å². The minimum absolute atomic E-state index is 0.380. The normalized spacial score (nSPS) is 12.3. The number of halogens is 3. The molecule has 1 aromatic heterocycles. The smallest absolute Gasteiger partial charge is 0.357 e. The fraction of sp³-hybridized carbons (Fsp3) is 0.444. The van der Waals surface area contributed by atoms with Gasteiger partial charge in [-0.15, -0.1) is 11.3 Å². The number of aromatic nitrogens is 1. The molecule has 2 aromatic rings. The van der Waals surface area contributed by atoms with E-state index < -0.39 is 11.9 Å². The van der Waals surface area contributed by atoms with Gasteiger partial charge in [0.15, 0.2) is 11.7 Å². The minimum Gasteiger partial charge on any atom is -0.357 e. The molecule has 0 aliphatic carbocycles. The first-order valence-corrected chi connectivity index (χ1v) is 9.35. The Labute approximate surface area is 155 Å². The number of thiazole rings is 1. The number of alkyl halides is 3. The van der Waals surface area contributed by atoms with E-state index in [1.807, 2.05) is 13.0 Å². The van der Waals surface area contributed by atoms with E-state index in [2.05, 4.69) is 45.7 Å². The molecule has 0 bridgehead atoms. The molecule has 0 aliphatic rings. The second kappa shape index (κ2) is 9.56. The van der Waals surface area contributed by atoms with Gasteiger partial charge in [-0.05, 0) is 25.8 Å². The quantitative estimate of drug-likeness (QED) is 0.564. The van der Waals surface area contributed by atoms with Crippen LogP contribution in [0.1, 0.15) is 28.8 Å². The number of nitrogens with zero attached hydrogens (tertiary/aromatic N) is 2. The summed E-state index contributed by atoms with van der Waals surface area (Å²) in [7, 11) is 0. The van der Waals surface area contributed by atoms with Gasteiger partial charge in [0.25, 0.3) is 0 Å². The lowest BCUT2D eigenvalue weighted by Gasteiger charge is -2.11. The predicted molar refractivity (Wildman–Crippen MR) is 99.7 cm³/mol. The lowest BCUT2D eigenvalue weighted by Crippen LogP contribution is -2.38. The van der Waals surface area contributed by atoms with E-state index in [9.17, 15) is 13.2 Å². The number of benzene rings is 1. The number of rotatable bonds is 7. The largest absolute Gasteiger partial charge is 0.434 e. The first-order valence-electron chi connectivity index (χ1n) is 8.48. The molecule has 0 atom stereocenters. The van der Waals surface area contributed by atoms with Crippen LogP contribution < -0.4 is 10.6 Å². The Morgan fingerprint density at radius 1 is 1.23 bits per heavy atom. The third-order valence-corrected chi connectivity index (χ3v) is 4.48. The van der Waals surface area contributed by atoms with Gasteiger partial charge in [-0.25, -0.2) is 4.98 Å². The van der Waals surface area contributed by atoms with Gasteiger partial charge in [0.05, 0.1) is 5.01 Å². The van der Waals surface area contributed by atoms with E-state index in [1.165, 1.54) is 11.1 Å². The molecule has 0 saturated carbocycles. The molecule has 2 N–H and O–H groups in total. The second-order valence-electron chi connectivity index (χ2n) is 5.80. The van der Waals surface area contributed by atoms with Crippen molar-refractivity contribution in [2.24, 2.45) is 4.99 Å². The fourth-order valence-corrected chi connectivity index (χ4v) is 3.15. The number of aliphatic imine (C=N–C) groups is 1. The molecule has 0 spiro atoms. The van der Waals surface area contributed by atoms with Crippen molar-refractivity contribution < 1.29 is 13.2 Å². The Kier molecular flexibility index (Phi) is 7.44. The molecule has 1 heterocycles. The lowest BCUT2D eigenvalue weighted by atomic mass is 10.1. The summed E-state index contributed by atoms with van der Waals surface area (Å²) in [5.74, 6) is 0.660. The highest BCUT2D eigenvalue weighted by molar-refractivity contribution is 7.09. The van der Waals surface area contributed by atoms with Gasteiger partial charge in [0.2, 0.25) is 0 Å². The van der Waals surface area contributed by atoms with Crippen LogP contribution in [-0.4, -0.2) is 30.6 Å². The highest BCUT2D eigenvalue weighted by Crippen LogP contribution is 2.30. The van der Waals surface area contributed by atoms with Crippen LogP contribution in [0, 0.1) is 6.92 Å². The van der Waals surface area contributed by atoms with Gasteiger partial charge in [0.1, 0.15) is 0 Å². The summed E-state index contributed by atoms with van der Waals surface area (Å²) in [5, 5.41) is 7.87. The average Bonchev–Trinajstić information content (AvgIpc) is 3.04. The van der Waals surface area contributed by atoms with E-state index in [0.29, 0.717) is 30.5 Å². The summed E-state index contributed by atoms with van der Waals surface area (Å²) in [5.41, 5.74) is 1.64. The zero-order valence-electron chi connectivity index (χ0n) is 14.9. The molecule has 8 heteroatoms. The summed E-state index contributed by atoms with van der Waals surface area (Å²) >= 11 is 1.02. The molecule has 26 heavy (non-hydrogen) atoms.